The highest BCUT2D eigenvalue weighted by Crippen LogP contribution is 2.47. The van der Waals surface area contributed by atoms with Crippen molar-refractivity contribution >= 4 is 22.4 Å². The van der Waals surface area contributed by atoms with E-state index in [0.29, 0.717) is 5.92 Å². The molecule has 0 saturated heterocycles. The highest BCUT2D eigenvalue weighted by Gasteiger charge is 2.30. The Bertz CT molecular complexity index is 532. The molecule has 0 unspecified atom stereocenters. The van der Waals surface area contributed by atoms with Gasteiger partial charge in [0.05, 0.1) is 0 Å². The maximum atomic E-state index is 5.94. The average Bonchev–Trinajstić information content (AvgIpc) is 3.20. The topological polar surface area (TPSA) is 50.9 Å². The predicted molar refractivity (Wildman–Crippen MR) is 81.8 cm³/mol. The molecule has 19 heavy (non-hydrogen) atoms. The second-order valence-electron chi connectivity index (χ2n) is 5.10. The quantitative estimate of drug-likeness (QED) is 0.790. The summed E-state index contributed by atoms with van der Waals surface area (Å²) in [4.78, 5) is 0. The van der Waals surface area contributed by atoms with Gasteiger partial charge < -0.3 is 11.1 Å². The van der Waals surface area contributed by atoms with E-state index in [2.05, 4.69) is 40.0 Å². The molecule has 0 bridgehead atoms. The van der Waals surface area contributed by atoms with E-state index < -0.39 is 0 Å². The number of hydrogen-bond acceptors (Lipinski definition) is 4. The molecule has 1 aliphatic rings. The molecule has 0 spiro atoms. The van der Waals surface area contributed by atoms with E-state index in [1.54, 1.807) is 0 Å². The van der Waals surface area contributed by atoms with Crippen LogP contribution < -0.4 is 11.1 Å². The molecule has 3 rings (SSSR count). The van der Waals surface area contributed by atoms with Gasteiger partial charge in [0, 0.05) is 12.1 Å². The lowest BCUT2D eigenvalue weighted by molar-refractivity contribution is 0.863. The van der Waals surface area contributed by atoms with Crippen molar-refractivity contribution in [1.29, 1.82) is 0 Å². The fraction of sp³-hybridized carbons (Fsp3) is 0.400. The van der Waals surface area contributed by atoms with Crippen molar-refractivity contribution in [1.82, 2.24) is 4.37 Å². The van der Waals surface area contributed by atoms with E-state index in [1.807, 2.05) is 0 Å². The number of benzene rings is 1. The highest BCUT2D eigenvalue weighted by molar-refractivity contribution is 7.10. The van der Waals surface area contributed by atoms with E-state index in [0.717, 1.165) is 25.2 Å². The molecular weight excluding hydrogens is 254 g/mol. The number of aromatic nitrogens is 1. The molecular formula is C15H19N3S. The number of nitrogens with zero attached hydrogens (tertiary/aromatic N) is 1. The molecule has 2 aromatic rings. The van der Waals surface area contributed by atoms with Crippen LogP contribution in [0.2, 0.25) is 0 Å². The Hall–Kier alpha value is -1.55. The Kier molecular flexibility index (Phi) is 3.69. The molecule has 0 aliphatic heterocycles. The Labute approximate surface area is 118 Å². The lowest BCUT2D eigenvalue weighted by atomic mass is 10.1. The third kappa shape index (κ3) is 3.07. The van der Waals surface area contributed by atoms with Gasteiger partial charge in [-0.2, -0.15) is 4.37 Å². The molecule has 0 amide bonds. The first-order valence-electron chi connectivity index (χ1n) is 6.87. The van der Waals surface area contributed by atoms with Crippen molar-refractivity contribution < 1.29 is 0 Å². The zero-order chi connectivity index (χ0) is 13.1. The van der Waals surface area contributed by atoms with Crippen molar-refractivity contribution in [2.45, 2.75) is 31.6 Å². The predicted octanol–water partition coefficient (Wildman–Crippen LogP) is 3.65. The standard InChI is InChI=1S/C15H19N3S/c16-14-13(12-8-9-12)15(19-18-14)17-10-4-7-11-5-2-1-3-6-11/h1-3,5-6,12,17H,4,7-10H2,(H2,16,18). The van der Waals surface area contributed by atoms with Gasteiger partial charge in [0.25, 0.3) is 0 Å². The first kappa shape index (κ1) is 12.5. The summed E-state index contributed by atoms with van der Waals surface area (Å²) in [5.74, 6) is 1.40. The smallest absolute Gasteiger partial charge is 0.142 e. The van der Waals surface area contributed by atoms with E-state index in [9.17, 15) is 0 Å². The zero-order valence-corrected chi connectivity index (χ0v) is 11.7. The summed E-state index contributed by atoms with van der Waals surface area (Å²) >= 11 is 1.50. The number of rotatable bonds is 6. The molecule has 1 aliphatic carbocycles. The summed E-state index contributed by atoms with van der Waals surface area (Å²) in [7, 11) is 0. The van der Waals surface area contributed by atoms with Crippen molar-refractivity contribution in [2.75, 3.05) is 17.6 Å². The molecule has 4 heteroatoms. The third-order valence-electron chi connectivity index (χ3n) is 3.51. The van der Waals surface area contributed by atoms with Crippen LogP contribution in [0.5, 0.6) is 0 Å². The summed E-state index contributed by atoms with van der Waals surface area (Å²) < 4.78 is 4.27. The first-order valence-corrected chi connectivity index (χ1v) is 7.65. The number of nitrogens with two attached hydrogens (primary N) is 1. The van der Waals surface area contributed by atoms with Gasteiger partial charge in [-0.25, -0.2) is 0 Å². The van der Waals surface area contributed by atoms with Crippen molar-refractivity contribution in [2.24, 2.45) is 0 Å². The monoisotopic (exact) mass is 273 g/mol. The molecule has 1 heterocycles. The highest BCUT2D eigenvalue weighted by atomic mass is 32.1. The Balaban J connectivity index is 1.50. The fourth-order valence-corrected chi connectivity index (χ4v) is 3.17. The number of nitrogens with one attached hydrogen (secondary N) is 1. The van der Waals surface area contributed by atoms with Crippen LogP contribution in [0.3, 0.4) is 0 Å². The largest absolute Gasteiger partial charge is 0.383 e. The van der Waals surface area contributed by atoms with Gasteiger partial charge in [0.15, 0.2) is 0 Å². The van der Waals surface area contributed by atoms with Crippen LogP contribution in [0.4, 0.5) is 10.8 Å². The van der Waals surface area contributed by atoms with Gasteiger partial charge in [-0.15, -0.1) is 0 Å². The zero-order valence-electron chi connectivity index (χ0n) is 10.9. The minimum atomic E-state index is 0.662. The van der Waals surface area contributed by atoms with Gasteiger partial charge in [-0.3, -0.25) is 0 Å². The molecule has 1 saturated carbocycles. The lowest BCUT2D eigenvalue weighted by Gasteiger charge is -2.06. The van der Waals surface area contributed by atoms with Gasteiger partial charge in [-0.05, 0) is 48.7 Å². The van der Waals surface area contributed by atoms with E-state index in [4.69, 9.17) is 5.73 Å². The Morgan fingerprint density at radius 2 is 2.05 bits per heavy atom. The molecule has 1 aromatic carbocycles. The van der Waals surface area contributed by atoms with Crippen LogP contribution in [0, 0.1) is 0 Å². The third-order valence-corrected chi connectivity index (χ3v) is 4.35. The number of hydrogen-bond donors (Lipinski definition) is 2. The van der Waals surface area contributed by atoms with Crippen LogP contribution in [-0.2, 0) is 6.42 Å². The summed E-state index contributed by atoms with van der Waals surface area (Å²) in [6.45, 7) is 0.982. The van der Waals surface area contributed by atoms with Crippen molar-refractivity contribution in [3.05, 3.63) is 41.5 Å². The maximum absolute atomic E-state index is 5.94. The van der Waals surface area contributed by atoms with E-state index in [1.165, 1.54) is 40.5 Å². The fourth-order valence-electron chi connectivity index (χ4n) is 2.34. The van der Waals surface area contributed by atoms with Crippen molar-refractivity contribution in [3.8, 4) is 0 Å². The van der Waals surface area contributed by atoms with Crippen LogP contribution in [0.1, 0.15) is 36.3 Å². The average molecular weight is 273 g/mol. The van der Waals surface area contributed by atoms with Gasteiger partial charge in [0.1, 0.15) is 10.8 Å². The molecule has 100 valence electrons. The second kappa shape index (κ2) is 5.61. The van der Waals surface area contributed by atoms with Crippen LogP contribution in [0.15, 0.2) is 30.3 Å². The van der Waals surface area contributed by atoms with Gasteiger partial charge >= 0.3 is 0 Å². The van der Waals surface area contributed by atoms with Gasteiger partial charge in [-0.1, -0.05) is 30.3 Å². The minimum absolute atomic E-state index is 0.662. The van der Waals surface area contributed by atoms with Crippen molar-refractivity contribution in [3.63, 3.8) is 0 Å². The summed E-state index contributed by atoms with van der Waals surface area (Å²) in [6, 6.07) is 10.6. The summed E-state index contributed by atoms with van der Waals surface area (Å²) in [6.07, 6.45) is 4.77. The molecule has 0 radical (unpaired) electrons. The number of nitrogen functional groups attached to an aromatic ring is 1. The maximum Gasteiger partial charge on any atom is 0.142 e. The lowest BCUT2D eigenvalue weighted by Crippen LogP contribution is -2.03. The van der Waals surface area contributed by atoms with Crippen LogP contribution in [-0.4, -0.2) is 10.9 Å². The molecule has 3 nitrogen and oxygen atoms in total. The Morgan fingerprint density at radius 3 is 2.79 bits per heavy atom. The second-order valence-corrected chi connectivity index (χ2v) is 5.87. The minimum Gasteiger partial charge on any atom is -0.383 e. The molecule has 0 atom stereocenters. The summed E-state index contributed by atoms with van der Waals surface area (Å²) in [5.41, 5.74) is 8.60. The Morgan fingerprint density at radius 1 is 1.26 bits per heavy atom. The van der Waals surface area contributed by atoms with E-state index >= 15 is 0 Å². The molecule has 1 aromatic heterocycles. The first-order chi connectivity index (χ1) is 9.34. The number of anilines is 2. The molecule has 1 fully saturated rings. The molecule has 3 N–H and O–H groups in total. The van der Waals surface area contributed by atoms with Crippen LogP contribution in [0.25, 0.3) is 0 Å². The van der Waals surface area contributed by atoms with Crippen LogP contribution >= 0.6 is 11.5 Å². The summed E-state index contributed by atoms with van der Waals surface area (Å²) in [5, 5.41) is 4.69. The number of aryl methyl sites for hydroxylation is 1. The van der Waals surface area contributed by atoms with E-state index in [-0.39, 0.29) is 0 Å². The SMILES string of the molecule is Nc1nsc(NCCCc2ccccc2)c1C1CC1. The normalized spacial score (nSPS) is 14.5. The van der Waals surface area contributed by atoms with Gasteiger partial charge in [0.2, 0.25) is 0 Å².